The average molecular weight is 1030 g/mol. The van der Waals surface area contributed by atoms with Gasteiger partial charge in [0, 0.05) is 12.8 Å². The van der Waals surface area contributed by atoms with Crippen molar-refractivity contribution in [3.8, 4) is 0 Å². The topological polar surface area (TPSA) is 276 Å². The molecule has 396 valence electrons. The number of rotatable bonds is 38. The first-order valence-corrected chi connectivity index (χ1v) is 27.2. The van der Waals surface area contributed by atoms with E-state index in [1.54, 1.807) is 12.2 Å². The SMILES string of the molecule is CC/C=C\C/C=C\C/C=C\C/C=C\C/C=C\C=C/C(O)CCC(=O)O[C@H](COC(=O)CCCCCC/C=C\C/C=C\C/C=C\C/C=C\CC)COP(=O)(O)O[C@H]1C(O)C(O)C(O)[C@@H](OP(=O)(O)O)C1O. The van der Waals surface area contributed by atoms with E-state index in [1.807, 2.05) is 18.2 Å². The van der Waals surface area contributed by atoms with Crippen LogP contribution in [0.2, 0.25) is 0 Å². The fourth-order valence-electron chi connectivity index (χ4n) is 6.42. The van der Waals surface area contributed by atoms with Crippen LogP contribution in [0, 0.1) is 0 Å². The smallest absolute Gasteiger partial charge is 0.462 e. The Kier molecular flexibility index (Phi) is 36.7. The van der Waals surface area contributed by atoms with Crippen molar-refractivity contribution >= 4 is 27.6 Å². The number of carbonyl (C=O) groups excluding carboxylic acids is 2. The molecule has 0 radical (unpaired) electrons. The van der Waals surface area contributed by atoms with Crippen molar-refractivity contribution in [1.82, 2.24) is 0 Å². The highest BCUT2D eigenvalue weighted by atomic mass is 31.2. The number of aliphatic hydroxyl groups is 5. The number of hydrogen-bond donors (Lipinski definition) is 8. The number of ether oxygens (including phenoxy) is 2. The Bertz CT molecular complexity index is 1830. The van der Waals surface area contributed by atoms with Crippen LogP contribution in [0.4, 0.5) is 0 Å². The van der Waals surface area contributed by atoms with Gasteiger partial charge in [-0.3, -0.25) is 23.2 Å². The molecule has 0 aliphatic heterocycles. The molecule has 9 atom stereocenters. The molecule has 0 heterocycles. The molecule has 6 unspecified atom stereocenters. The second-order valence-corrected chi connectivity index (χ2v) is 18.9. The first-order valence-electron chi connectivity index (χ1n) is 24.2. The Morgan fingerprint density at radius 1 is 0.529 bits per heavy atom. The van der Waals surface area contributed by atoms with E-state index in [2.05, 4.69) is 103 Å². The van der Waals surface area contributed by atoms with E-state index in [0.717, 1.165) is 77.0 Å². The fourth-order valence-corrected chi connectivity index (χ4v) is 7.96. The van der Waals surface area contributed by atoms with Crippen LogP contribution >= 0.6 is 15.6 Å². The molecular weight excluding hydrogens is 946 g/mol. The molecule has 8 N–H and O–H groups in total. The minimum absolute atomic E-state index is 0.0347. The molecule has 0 aromatic rings. The van der Waals surface area contributed by atoms with Crippen LogP contribution in [0.15, 0.2) is 122 Å². The zero-order valence-corrected chi connectivity index (χ0v) is 42.5. The van der Waals surface area contributed by atoms with E-state index in [1.165, 1.54) is 6.08 Å². The zero-order chi connectivity index (χ0) is 51.9. The molecule has 0 saturated heterocycles. The van der Waals surface area contributed by atoms with Crippen molar-refractivity contribution in [2.24, 2.45) is 0 Å². The Balaban J connectivity index is 2.71. The molecule has 70 heavy (non-hydrogen) atoms. The number of hydrogen-bond acceptors (Lipinski definition) is 14. The molecule has 1 aliphatic carbocycles. The van der Waals surface area contributed by atoms with E-state index in [4.69, 9.17) is 18.5 Å². The van der Waals surface area contributed by atoms with Gasteiger partial charge in [0.25, 0.3) is 0 Å². The third-order valence-corrected chi connectivity index (χ3v) is 11.7. The number of phosphoric acid groups is 2. The standard InChI is InChI=1S/C51H80O17P2/c1-3-5-7-9-11-13-15-17-19-21-23-25-27-29-31-33-35-37-44(53)64-40-43(41-65-70(62,63)68-51-48(57)46(55)47(56)50(49(51)58)67-69(59,60)61)66-45(54)39-38-42(52)36-34-32-30-28-26-24-22-20-18-16-14-12-10-8-6-4-2/h5-8,11-14,17-20,23-26,30,32,34,36,42-43,46-52,55-58H,3-4,9-10,15-16,21-22,27-29,31,33,35,37-41H2,1-2H3,(H,62,63)(H2,59,60,61)/b7-5-,8-6-,13-11-,14-12-,19-17-,20-18-,25-23-,26-24-,32-30-,36-34-/t42?,43-,46?,47?,48?,49?,50-,51+/m1/s1. The molecule has 0 aromatic heterocycles. The molecule has 1 rings (SSSR count). The lowest BCUT2D eigenvalue weighted by atomic mass is 9.85. The Morgan fingerprint density at radius 2 is 1.00 bits per heavy atom. The summed E-state index contributed by atoms with van der Waals surface area (Å²) in [4.78, 5) is 54.4. The fraction of sp³-hybridized carbons (Fsp3) is 0.569. The van der Waals surface area contributed by atoms with Gasteiger partial charge >= 0.3 is 27.6 Å². The summed E-state index contributed by atoms with van der Waals surface area (Å²) in [6, 6.07) is 0. The Labute approximate surface area is 414 Å². The number of esters is 2. The van der Waals surface area contributed by atoms with E-state index < -0.39 is 89.6 Å². The summed E-state index contributed by atoms with van der Waals surface area (Å²) in [6.07, 6.45) is 36.1. The van der Waals surface area contributed by atoms with Gasteiger partial charge in [0.15, 0.2) is 6.10 Å². The maximum atomic E-state index is 13.0. The van der Waals surface area contributed by atoms with Gasteiger partial charge in [0.1, 0.15) is 43.2 Å². The van der Waals surface area contributed by atoms with Gasteiger partial charge in [0.05, 0.1) is 12.7 Å². The van der Waals surface area contributed by atoms with Crippen LogP contribution in [0.25, 0.3) is 0 Å². The number of allylic oxidation sites excluding steroid dienone is 19. The summed E-state index contributed by atoms with van der Waals surface area (Å²) < 4.78 is 49.2. The van der Waals surface area contributed by atoms with Crippen LogP contribution in [-0.2, 0) is 41.8 Å². The molecule has 0 bridgehead atoms. The maximum Gasteiger partial charge on any atom is 0.472 e. The first-order chi connectivity index (χ1) is 33.5. The summed E-state index contributed by atoms with van der Waals surface area (Å²) in [5.74, 6) is -1.53. The lowest BCUT2D eigenvalue weighted by Crippen LogP contribution is -2.64. The summed E-state index contributed by atoms with van der Waals surface area (Å²) in [5, 5.41) is 51.7. The summed E-state index contributed by atoms with van der Waals surface area (Å²) in [6.45, 7) is 2.65. The average Bonchev–Trinajstić information content (AvgIpc) is 3.31. The van der Waals surface area contributed by atoms with E-state index in [9.17, 15) is 58.9 Å². The van der Waals surface area contributed by atoms with Gasteiger partial charge in [-0.15, -0.1) is 0 Å². The number of carbonyl (C=O) groups is 2. The van der Waals surface area contributed by atoms with E-state index >= 15 is 0 Å². The lowest BCUT2D eigenvalue weighted by molar-refractivity contribution is -0.216. The van der Waals surface area contributed by atoms with Crippen LogP contribution in [0.5, 0.6) is 0 Å². The monoisotopic (exact) mass is 1030 g/mol. The maximum absolute atomic E-state index is 13.0. The van der Waals surface area contributed by atoms with Gasteiger partial charge in [0.2, 0.25) is 0 Å². The van der Waals surface area contributed by atoms with Crippen molar-refractivity contribution in [3.05, 3.63) is 122 Å². The number of phosphoric ester groups is 2. The highest BCUT2D eigenvalue weighted by Gasteiger charge is 2.54. The van der Waals surface area contributed by atoms with Crippen LogP contribution in [0.3, 0.4) is 0 Å². The zero-order valence-electron chi connectivity index (χ0n) is 40.7. The third-order valence-electron chi connectivity index (χ3n) is 10.1. The highest BCUT2D eigenvalue weighted by molar-refractivity contribution is 7.47. The van der Waals surface area contributed by atoms with Crippen molar-refractivity contribution in [3.63, 3.8) is 0 Å². The number of aliphatic hydroxyl groups excluding tert-OH is 5. The minimum Gasteiger partial charge on any atom is -0.462 e. The second-order valence-electron chi connectivity index (χ2n) is 16.3. The molecule has 1 fully saturated rings. The van der Waals surface area contributed by atoms with Gasteiger partial charge in [-0.1, -0.05) is 148 Å². The largest absolute Gasteiger partial charge is 0.472 e. The minimum atomic E-state index is -5.40. The van der Waals surface area contributed by atoms with Crippen molar-refractivity contribution in [1.29, 1.82) is 0 Å². The molecule has 0 aromatic carbocycles. The molecular formula is C51H80O17P2. The Morgan fingerprint density at radius 3 is 1.51 bits per heavy atom. The first kappa shape index (κ1) is 64.4. The highest BCUT2D eigenvalue weighted by Crippen LogP contribution is 2.49. The summed E-state index contributed by atoms with van der Waals surface area (Å²) >= 11 is 0. The number of unbranched alkanes of at least 4 members (excludes halogenated alkanes) is 4. The van der Waals surface area contributed by atoms with Crippen molar-refractivity contribution in [2.75, 3.05) is 13.2 Å². The normalized spacial score (nSPS) is 22.5. The molecule has 1 aliphatic rings. The van der Waals surface area contributed by atoms with Gasteiger partial charge in [-0.2, -0.15) is 0 Å². The molecule has 19 heteroatoms. The molecule has 0 amide bonds. The van der Waals surface area contributed by atoms with Gasteiger partial charge in [-0.05, 0) is 83.5 Å². The van der Waals surface area contributed by atoms with Gasteiger partial charge in [-0.25, -0.2) is 9.13 Å². The molecule has 0 spiro atoms. The Hall–Kier alpha value is -3.64. The van der Waals surface area contributed by atoms with Crippen LogP contribution in [0.1, 0.15) is 123 Å². The summed E-state index contributed by atoms with van der Waals surface area (Å²) in [7, 11) is -10.8. The van der Waals surface area contributed by atoms with Crippen LogP contribution < -0.4 is 0 Å². The van der Waals surface area contributed by atoms with Crippen LogP contribution in [-0.4, -0.2) is 114 Å². The van der Waals surface area contributed by atoms with Crippen molar-refractivity contribution in [2.45, 2.75) is 172 Å². The second kappa shape index (κ2) is 39.9. The van der Waals surface area contributed by atoms with E-state index in [-0.39, 0.29) is 19.3 Å². The third kappa shape index (κ3) is 33.9. The predicted octanol–water partition coefficient (Wildman–Crippen LogP) is 8.47. The van der Waals surface area contributed by atoms with E-state index in [0.29, 0.717) is 12.8 Å². The quantitative estimate of drug-likeness (QED) is 0.00946. The van der Waals surface area contributed by atoms with Crippen molar-refractivity contribution < 1.29 is 82.0 Å². The summed E-state index contributed by atoms with van der Waals surface area (Å²) in [5.41, 5.74) is 0. The predicted molar refractivity (Wildman–Crippen MR) is 270 cm³/mol. The molecule has 1 saturated carbocycles. The lowest BCUT2D eigenvalue weighted by Gasteiger charge is -2.43. The van der Waals surface area contributed by atoms with Gasteiger partial charge < -0.3 is 49.7 Å². The molecule has 17 nitrogen and oxygen atoms in total.